The van der Waals surface area contributed by atoms with Crippen LogP contribution >= 0.6 is 15.9 Å². The van der Waals surface area contributed by atoms with E-state index in [1.165, 1.54) is 0 Å². The first-order valence-electron chi connectivity index (χ1n) is 7.52. The van der Waals surface area contributed by atoms with E-state index in [2.05, 4.69) is 26.6 Å². The molecule has 2 unspecified atom stereocenters. The lowest BCUT2D eigenvalue weighted by molar-refractivity contribution is -0.128. The zero-order valence-electron chi connectivity index (χ0n) is 13.3. The second kappa shape index (κ2) is 8.70. The van der Waals surface area contributed by atoms with E-state index in [0.29, 0.717) is 12.3 Å². The van der Waals surface area contributed by atoms with Crippen molar-refractivity contribution in [3.63, 3.8) is 0 Å². The molecule has 5 heteroatoms. The molecule has 1 amide bonds. The van der Waals surface area contributed by atoms with Crippen molar-refractivity contribution < 1.29 is 9.53 Å². The zero-order valence-corrected chi connectivity index (χ0v) is 14.8. The summed E-state index contributed by atoms with van der Waals surface area (Å²) in [5.41, 5.74) is 0.824. The largest absolute Gasteiger partial charge is 0.476 e. The number of rotatable bonds is 7. The van der Waals surface area contributed by atoms with Gasteiger partial charge in [0.2, 0.25) is 6.10 Å². The molecule has 0 bridgehead atoms. The Bertz CT molecular complexity index is 617. The van der Waals surface area contributed by atoms with Crippen molar-refractivity contribution in [2.45, 2.75) is 19.1 Å². The molecule has 0 heterocycles. The van der Waals surface area contributed by atoms with Crippen molar-refractivity contribution in [2.75, 3.05) is 13.6 Å². The molecule has 0 aliphatic rings. The molecule has 2 N–H and O–H groups in total. The molecule has 0 aliphatic carbocycles. The molecule has 0 aromatic heterocycles. The van der Waals surface area contributed by atoms with E-state index < -0.39 is 6.10 Å². The van der Waals surface area contributed by atoms with E-state index in [9.17, 15) is 4.79 Å². The molecule has 0 saturated heterocycles. The summed E-state index contributed by atoms with van der Waals surface area (Å²) in [5, 5.41) is 6.02. The van der Waals surface area contributed by atoms with E-state index in [0.717, 1.165) is 10.0 Å². The van der Waals surface area contributed by atoms with Crippen molar-refractivity contribution in [1.29, 1.82) is 0 Å². The van der Waals surface area contributed by atoms with E-state index in [-0.39, 0.29) is 11.9 Å². The molecule has 0 aliphatic heterocycles. The first kappa shape index (κ1) is 17.5. The number of nitrogens with one attached hydrogen (secondary N) is 2. The summed E-state index contributed by atoms with van der Waals surface area (Å²) >= 11 is 3.39. The van der Waals surface area contributed by atoms with E-state index >= 15 is 0 Å². The Kier molecular flexibility index (Phi) is 6.62. The highest BCUT2D eigenvalue weighted by molar-refractivity contribution is 9.10. The van der Waals surface area contributed by atoms with Crippen LogP contribution < -0.4 is 15.4 Å². The smallest absolute Gasteiger partial charge is 0.265 e. The third-order valence-corrected chi connectivity index (χ3v) is 4.01. The Hall–Kier alpha value is -1.85. The van der Waals surface area contributed by atoms with Crippen LogP contribution in [0.5, 0.6) is 5.75 Å². The maximum Gasteiger partial charge on any atom is 0.265 e. The predicted octanol–water partition coefficient (Wildman–Crippen LogP) is 3.29. The number of ether oxygens (including phenoxy) is 1. The normalized spacial score (nSPS) is 13.2. The minimum absolute atomic E-state index is 0.152. The van der Waals surface area contributed by atoms with Gasteiger partial charge in [-0.3, -0.25) is 4.79 Å². The molecule has 2 rings (SSSR count). The van der Waals surface area contributed by atoms with Crippen LogP contribution in [-0.2, 0) is 4.79 Å². The average molecular weight is 377 g/mol. The van der Waals surface area contributed by atoms with E-state index in [1.54, 1.807) is 0 Å². The maximum absolute atomic E-state index is 12.6. The van der Waals surface area contributed by atoms with Crippen LogP contribution in [0.15, 0.2) is 59.1 Å². The van der Waals surface area contributed by atoms with Gasteiger partial charge < -0.3 is 15.4 Å². The van der Waals surface area contributed by atoms with Gasteiger partial charge >= 0.3 is 0 Å². The predicted molar refractivity (Wildman–Crippen MR) is 95.5 cm³/mol. The topological polar surface area (TPSA) is 50.4 Å². The number of halogens is 1. The summed E-state index contributed by atoms with van der Waals surface area (Å²) in [7, 11) is 1.86. The van der Waals surface area contributed by atoms with Crippen LogP contribution in [0, 0.1) is 0 Å². The molecule has 122 valence electrons. The van der Waals surface area contributed by atoms with Crippen molar-refractivity contribution in [1.82, 2.24) is 10.6 Å². The highest BCUT2D eigenvalue weighted by Crippen LogP contribution is 2.24. The number of amides is 1. The van der Waals surface area contributed by atoms with Gasteiger partial charge in [-0.15, -0.1) is 0 Å². The summed E-state index contributed by atoms with van der Waals surface area (Å²) in [6.45, 7) is 2.55. The standard InChI is InChI=1S/C18H21BrN2O2/c1-13(20-2)12-21-18(22)17(14-6-4-3-5-7-14)23-16-10-8-15(19)9-11-16/h3-11,13,17,20H,12H2,1-2H3,(H,21,22). The lowest BCUT2D eigenvalue weighted by Crippen LogP contribution is -2.40. The minimum Gasteiger partial charge on any atom is -0.476 e. The van der Waals surface area contributed by atoms with Gasteiger partial charge in [0.05, 0.1) is 0 Å². The SMILES string of the molecule is CNC(C)CNC(=O)C(Oc1ccc(Br)cc1)c1ccccc1. The van der Waals surface area contributed by atoms with E-state index in [4.69, 9.17) is 4.74 Å². The van der Waals surface area contributed by atoms with Gasteiger partial charge in [0, 0.05) is 22.6 Å². The number of hydrogen-bond donors (Lipinski definition) is 2. The maximum atomic E-state index is 12.6. The fourth-order valence-electron chi connectivity index (χ4n) is 2.00. The molecule has 2 atom stereocenters. The van der Waals surface area contributed by atoms with Gasteiger partial charge in [0.15, 0.2) is 0 Å². The second-order valence-electron chi connectivity index (χ2n) is 5.30. The van der Waals surface area contributed by atoms with Gasteiger partial charge in [-0.2, -0.15) is 0 Å². The van der Waals surface area contributed by atoms with E-state index in [1.807, 2.05) is 68.6 Å². The first-order chi connectivity index (χ1) is 11.1. The number of benzene rings is 2. The van der Waals surface area contributed by atoms with Crippen molar-refractivity contribution in [2.24, 2.45) is 0 Å². The summed E-state index contributed by atoms with van der Waals surface area (Å²) in [4.78, 5) is 12.6. The van der Waals surface area contributed by atoms with Crippen LogP contribution in [0.2, 0.25) is 0 Å². The van der Waals surface area contributed by atoms with Gasteiger partial charge in [0.25, 0.3) is 5.91 Å². The molecule has 2 aromatic rings. The van der Waals surface area contributed by atoms with Gasteiger partial charge in [-0.05, 0) is 38.2 Å². The Morgan fingerprint density at radius 2 is 1.78 bits per heavy atom. The molecule has 0 fully saturated rings. The highest BCUT2D eigenvalue weighted by Gasteiger charge is 2.22. The summed E-state index contributed by atoms with van der Waals surface area (Å²) in [6, 6.07) is 17.1. The average Bonchev–Trinajstić information content (AvgIpc) is 2.59. The van der Waals surface area contributed by atoms with Crippen LogP contribution in [-0.4, -0.2) is 25.5 Å². The number of hydrogen-bond acceptors (Lipinski definition) is 3. The minimum atomic E-state index is -0.679. The van der Waals surface area contributed by atoms with Crippen molar-refractivity contribution in [3.8, 4) is 5.75 Å². The number of carbonyl (C=O) groups excluding carboxylic acids is 1. The number of carbonyl (C=O) groups is 1. The Morgan fingerprint density at radius 3 is 2.39 bits per heavy atom. The molecule has 2 aromatic carbocycles. The molecule has 23 heavy (non-hydrogen) atoms. The van der Waals surface area contributed by atoms with Crippen molar-refractivity contribution >= 4 is 21.8 Å². The van der Waals surface area contributed by atoms with Crippen LogP contribution in [0.4, 0.5) is 0 Å². The first-order valence-corrected chi connectivity index (χ1v) is 8.31. The quantitative estimate of drug-likeness (QED) is 0.779. The van der Waals surface area contributed by atoms with Crippen LogP contribution in [0.3, 0.4) is 0 Å². The molecule has 0 saturated carbocycles. The molecule has 0 radical (unpaired) electrons. The Balaban J connectivity index is 2.15. The second-order valence-corrected chi connectivity index (χ2v) is 6.21. The molecular formula is C18H21BrN2O2. The highest BCUT2D eigenvalue weighted by atomic mass is 79.9. The third-order valence-electron chi connectivity index (χ3n) is 3.48. The van der Waals surface area contributed by atoms with Crippen molar-refractivity contribution in [3.05, 3.63) is 64.6 Å². The third kappa shape index (κ3) is 5.37. The van der Waals surface area contributed by atoms with Gasteiger partial charge in [-0.25, -0.2) is 0 Å². The molecule has 4 nitrogen and oxygen atoms in total. The fraction of sp³-hybridized carbons (Fsp3) is 0.278. The Morgan fingerprint density at radius 1 is 1.13 bits per heavy atom. The summed E-state index contributed by atoms with van der Waals surface area (Å²) in [6.07, 6.45) is -0.679. The van der Waals surface area contributed by atoms with Crippen LogP contribution in [0.1, 0.15) is 18.6 Å². The fourth-order valence-corrected chi connectivity index (χ4v) is 2.26. The monoisotopic (exact) mass is 376 g/mol. The lowest BCUT2D eigenvalue weighted by Gasteiger charge is -2.20. The molecular weight excluding hydrogens is 356 g/mol. The van der Waals surface area contributed by atoms with Gasteiger partial charge in [-0.1, -0.05) is 46.3 Å². The lowest BCUT2D eigenvalue weighted by atomic mass is 10.1. The summed E-state index contributed by atoms with van der Waals surface area (Å²) < 4.78 is 6.90. The van der Waals surface area contributed by atoms with Crippen LogP contribution in [0.25, 0.3) is 0 Å². The Labute approximate surface area is 145 Å². The summed E-state index contributed by atoms with van der Waals surface area (Å²) in [5.74, 6) is 0.500. The molecule has 0 spiro atoms. The number of likely N-dealkylation sites (N-methyl/N-ethyl adjacent to an activating group) is 1. The van der Waals surface area contributed by atoms with Gasteiger partial charge in [0.1, 0.15) is 5.75 Å². The zero-order chi connectivity index (χ0) is 16.7.